The Bertz CT molecular complexity index is 1170. The van der Waals surface area contributed by atoms with Gasteiger partial charge in [0.2, 0.25) is 0 Å². The molecule has 0 fully saturated rings. The molecule has 0 radical (unpaired) electrons. The average molecular weight is 1060 g/mol. The first-order chi connectivity index (χ1) is 36.6. The molecular formula is C69H134O6. The van der Waals surface area contributed by atoms with Crippen molar-refractivity contribution in [3.63, 3.8) is 0 Å². The van der Waals surface area contributed by atoms with E-state index in [2.05, 4.69) is 41.5 Å². The molecule has 0 amide bonds. The SMILES string of the molecule is CCC(C)CCCCCCCCCCCCCCCCCCCCC(=O)OC[C@H](COC(=O)CCCCCCCCCCCCCCCCC(C)C)OC(=O)CCCCCCCCCCCCCCCCCC(C)C. The van der Waals surface area contributed by atoms with E-state index >= 15 is 0 Å². The van der Waals surface area contributed by atoms with Crippen molar-refractivity contribution in [2.75, 3.05) is 13.2 Å². The lowest BCUT2D eigenvalue weighted by atomic mass is 9.99. The topological polar surface area (TPSA) is 78.9 Å². The molecule has 0 heterocycles. The van der Waals surface area contributed by atoms with Crippen LogP contribution < -0.4 is 0 Å². The van der Waals surface area contributed by atoms with Gasteiger partial charge in [-0.05, 0) is 37.0 Å². The van der Waals surface area contributed by atoms with Crippen molar-refractivity contribution in [2.24, 2.45) is 17.8 Å². The van der Waals surface area contributed by atoms with Crippen molar-refractivity contribution in [1.82, 2.24) is 0 Å². The molecule has 0 aliphatic carbocycles. The van der Waals surface area contributed by atoms with E-state index in [1.807, 2.05) is 0 Å². The summed E-state index contributed by atoms with van der Waals surface area (Å²) in [7, 11) is 0. The predicted octanol–water partition coefficient (Wildman–Crippen LogP) is 23.0. The summed E-state index contributed by atoms with van der Waals surface area (Å²) in [5.74, 6) is 1.77. The minimum Gasteiger partial charge on any atom is -0.462 e. The number of rotatable bonds is 62. The zero-order chi connectivity index (χ0) is 54.8. The van der Waals surface area contributed by atoms with Gasteiger partial charge in [-0.25, -0.2) is 0 Å². The van der Waals surface area contributed by atoms with Gasteiger partial charge in [0.1, 0.15) is 13.2 Å². The van der Waals surface area contributed by atoms with Crippen molar-refractivity contribution in [3.05, 3.63) is 0 Å². The van der Waals surface area contributed by atoms with Gasteiger partial charge >= 0.3 is 17.9 Å². The lowest BCUT2D eigenvalue weighted by molar-refractivity contribution is -0.167. The summed E-state index contributed by atoms with van der Waals surface area (Å²) in [4.78, 5) is 38.4. The van der Waals surface area contributed by atoms with Crippen LogP contribution >= 0.6 is 0 Å². The van der Waals surface area contributed by atoms with Crippen molar-refractivity contribution < 1.29 is 28.6 Å². The minimum absolute atomic E-state index is 0.0620. The van der Waals surface area contributed by atoms with Gasteiger partial charge in [0.25, 0.3) is 0 Å². The first-order valence-electron chi connectivity index (χ1n) is 34.1. The molecule has 0 saturated heterocycles. The van der Waals surface area contributed by atoms with E-state index in [9.17, 15) is 14.4 Å². The molecule has 446 valence electrons. The number of hydrogen-bond acceptors (Lipinski definition) is 6. The van der Waals surface area contributed by atoms with E-state index in [0.29, 0.717) is 19.3 Å². The van der Waals surface area contributed by atoms with Gasteiger partial charge in [0.15, 0.2) is 6.10 Å². The van der Waals surface area contributed by atoms with Gasteiger partial charge in [-0.2, -0.15) is 0 Å². The maximum atomic E-state index is 12.9. The maximum Gasteiger partial charge on any atom is 0.306 e. The van der Waals surface area contributed by atoms with Gasteiger partial charge in [-0.15, -0.1) is 0 Å². The van der Waals surface area contributed by atoms with Gasteiger partial charge in [-0.3, -0.25) is 14.4 Å². The second kappa shape index (κ2) is 60.1. The highest BCUT2D eigenvalue weighted by atomic mass is 16.6. The summed E-state index contributed by atoms with van der Waals surface area (Å²) in [6.07, 6.45) is 66.8. The van der Waals surface area contributed by atoms with Crippen molar-refractivity contribution in [1.29, 1.82) is 0 Å². The largest absolute Gasteiger partial charge is 0.462 e. The van der Waals surface area contributed by atoms with E-state index in [-0.39, 0.29) is 31.1 Å². The predicted molar refractivity (Wildman–Crippen MR) is 326 cm³/mol. The van der Waals surface area contributed by atoms with Crippen LogP contribution in [0.3, 0.4) is 0 Å². The molecule has 0 aliphatic rings. The van der Waals surface area contributed by atoms with Crippen molar-refractivity contribution in [2.45, 2.75) is 394 Å². The van der Waals surface area contributed by atoms with Crippen LogP contribution in [0.5, 0.6) is 0 Å². The second-order valence-corrected chi connectivity index (χ2v) is 25.0. The number of carbonyl (C=O) groups excluding carboxylic acids is 3. The molecule has 75 heavy (non-hydrogen) atoms. The molecule has 0 aromatic rings. The lowest BCUT2D eigenvalue weighted by Crippen LogP contribution is -2.30. The van der Waals surface area contributed by atoms with Gasteiger partial charge in [0, 0.05) is 19.3 Å². The Morgan fingerprint density at radius 2 is 0.467 bits per heavy atom. The maximum absolute atomic E-state index is 12.9. The fourth-order valence-corrected chi connectivity index (χ4v) is 10.7. The van der Waals surface area contributed by atoms with E-state index in [1.54, 1.807) is 0 Å². The zero-order valence-electron chi connectivity index (χ0n) is 51.9. The molecule has 6 heteroatoms. The zero-order valence-corrected chi connectivity index (χ0v) is 51.9. The first kappa shape index (κ1) is 73.4. The van der Waals surface area contributed by atoms with E-state index in [1.165, 1.54) is 270 Å². The highest BCUT2D eigenvalue weighted by Gasteiger charge is 2.20. The monoisotopic (exact) mass is 1060 g/mol. The Morgan fingerprint density at radius 1 is 0.267 bits per heavy atom. The molecule has 0 aromatic carbocycles. The van der Waals surface area contributed by atoms with E-state index in [0.717, 1.165) is 75.5 Å². The van der Waals surface area contributed by atoms with Crippen molar-refractivity contribution >= 4 is 17.9 Å². The molecule has 0 N–H and O–H groups in total. The fraction of sp³-hybridized carbons (Fsp3) is 0.957. The average Bonchev–Trinajstić information content (AvgIpc) is 3.39. The Balaban J connectivity index is 4.27. The molecule has 0 bridgehead atoms. The third-order valence-corrected chi connectivity index (χ3v) is 16.3. The van der Waals surface area contributed by atoms with E-state index < -0.39 is 6.10 Å². The van der Waals surface area contributed by atoms with Crippen LogP contribution in [0.1, 0.15) is 388 Å². The first-order valence-corrected chi connectivity index (χ1v) is 34.1. The standard InChI is InChI=1S/C69H134O6/c1-7-65(6)57-51-45-39-33-27-21-14-10-8-9-11-15-22-28-34-40-46-52-58-67(70)73-61-66(62-74-68(71)59-53-47-41-35-29-23-18-17-20-26-32-38-44-50-56-64(4)5)75-69(72)60-54-48-42-36-30-24-16-12-13-19-25-31-37-43-49-55-63(2)3/h63-66H,7-62H2,1-6H3/t65?,66-/m1/s1. The normalized spacial score (nSPS) is 12.5. The molecule has 0 aliphatic heterocycles. The molecule has 0 spiro atoms. The number of esters is 3. The molecular weight excluding hydrogens is 925 g/mol. The molecule has 0 rings (SSSR count). The van der Waals surface area contributed by atoms with Gasteiger partial charge in [-0.1, -0.05) is 350 Å². The molecule has 6 nitrogen and oxygen atoms in total. The molecule has 1 unspecified atom stereocenters. The minimum atomic E-state index is -0.765. The molecule has 2 atom stereocenters. The highest BCUT2D eigenvalue weighted by molar-refractivity contribution is 5.71. The summed E-state index contributed by atoms with van der Waals surface area (Å²) in [6.45, 7) is 13.9. The second-order valence-electron chi connectivity index (χ2n) is 25.0. The quantitative estimate of drug-likeness (QED) is 0.0343. The van der Waals surface area contributed by atoms with Crippen molar-refractivity contribution in [3.8, 4) is 0 Å². The van der Waals surface area contributed by atoms with E-state index in [4.69, 9.17) is 14.2 Å². The summed E-state index contributed by atoms with van der Waals surface area (Å²) in [5, 5.41) is 0. The third kappa shape index (κ3) is 61.5. The smallest absolute Gasteiger partial charge is 0.306 e. The van der Waals surface area contributed by atoms with Crippen LogP contribution in [0.15, 0.2) is 0 Å². The van der Waals surface area contributed by atoms with Gasteiger partial charge in [0.05, 0.1) is 0 Å². The Morgan fingerprint density at radius 3 is 0.693 bits per heavy atom. The Hall–Kier alpha value is -1.59. The number of carbonyl (C=O) groups is 3. The van der Waals surface area contributed by atoms with Crippen LogP contribution in [0.2, 0.25) is 0 Å². The Kier molecular flexibility index (Phi) is 58.8. The summed E-state index contributed by atoms with van der Waals surface area (Å²) in [5.41, 5.74) is 0. The molecule has 0 saturated carbocycles. The summed E-state index contributed by atoms with van der Waals surface area (Å²) >= 11 is 0. The third-order valence-electron chi connectivity index (χ3n) is 16.3. The molecule has 0 aromatic heterocycles. The van der Waals surface area contributed by atoms with Crippen LogP contribution in [-0.2, 0) is 28.6 Å². The van der Waals surface area contributed by atoms with Crippen LogP contribution in [-0.4, -0.2) is 37.2 Å². The summed E-state index contributed by atoms with van der Waals surface area (Å²) in [6, 6.07) is 0. The fourth-order valence-electron chi connectivity index (χ4n) is 10.7. The number of unbranched alkanes of at least 4 members (excludes halogenated alkanes) is 44. The van der Waals surface area contributed by atoms with Gasteiger partial charge < -0.3 is 14.2 Å². The lowest BCUT2D eigenvalue weighted by Gasteiger charge is -2.18. The van der Waals surface area contributed by atoms with Crippen LogP contribution in [0, 0.1) is 17.8 Å². The van der Waals surface area contributed by atoms with Crippen LogP contribution in [0.4, 0.5) is 0 Å². The number of ether oxygens (including phenoxy) is 3. The van der Waals surface area contributed by atoms with Crippen LogP contribution in [0.25, 0.3) is 0 Å². The highest BCUT2D eigenvalue weighted by Crippen LogP contribution is 2.20. The Labute approximate surface area is 469 Å². The number of hydrogen-bond donors (Lipinski definition) is 0. The summed E-state index contributed by atoms with van der Waals surface area (Å²) < 4.78 is 17.0.